The van der Waals surface area contributed by atoms with Gasteiger partial charge >= 0.3 is 11.9 Å². The third kappa shape index (κ3) is 11.4. The molecule has 2 atom stereocenters. The van der Waals surface area contributed by atoms with Gasteiger partial charge in [-0.05, 0) is 41.8 Å². The van der Waals surface area contributed by atoms with E-state index in [0.29, 0.717) is 5.57 Å². The molecule has 2 unspecified atom stereocenters. The van der Waals surface area contributed by atoms with Crippen molar-refractivity contribution in [2.45, 2.75) is 40.2 Å². The number of hydrogen-bond acceptors (Lipinski definition) is 6. The lowest BCUT2D eigenvalue weighted by molar-refractivity contribution is -0.159. The van der Waals surface area contributed by atoms with Crippen LogP contribution in [0.15, 0.2) is 24.3 Å². The predicted octanol–water partition coefficient (Wildman–Crippen LogP) is 1.46. The van der Waals surface area contributed by atoms with E-state index in [-0.39, 0.29) is 17.8 Å². The molecule has 0 saturated carbocycles. The SMILES string of the molecule is C=C(C)C(=O)OC(C)N(C)C.C=C(C)C(=O)OC(C)O. The van der Waals surface area contributed by atoms with Gasteiger partial charge in [-0.25, -0.2) is 9.59 Å². The van der Waals surface area contributed by atoms with Crippen molar-refractivity contribution < 1.29 is 24.2 Å². The minimum absolute atomic E-state index is 0.195. The second-order valence-electron chi connectivity index (χ2n) is 4.53. The minimum atomic E-state index is -1.05. The third-order valence-electron chi connectivity index (χ3n) is 1.98. The molecule has 6 nitrogen and oxygen atoms in total. The van der Waals surface area contributed by atoms with Gasteiger partial charge in [-0.15, -0.1) is 0 Å². The molecule has 0 aliphatic carbocycles. The number of rotatable bonds is 5. The fourth-order valence-electron chi connectivity index (χ4n) is 0.616. The lowest BCUT2D eigenvalue weighted by atomic mass is 10.4. The van der Waals surface area contributed by atoms with Crippen LogP contribution in [0.2, 0.25) is 0 Å². The van der Waals surface area contributed by atoms with Gasteiger partial charge in [0.15, 0.2) is 12.5 Å². The number of esters is 2. The molecule has 0 aromatic carbocycles. The van der Waals surface area contributed by atoms with Crippen LogP contribution in [0.4, 0.5) is 0 Å². The first-order chi connectivity index (χ1) is 8.98. The maximum absolute atomic E-state index is 10.9. The Labute approximate surface area is 120 Å². The summed E-state index contributed by atoms with van der Waals surface area (Å²) in [5.74, 6) is -0.906. The molecule has 0 saturated heterocycles. The van der Waals surface area contributed by atoms with Crippen molar-refractivity contribution in [3.63, 3.8) is 0 Å². The topological polar surface area (TPSA) is 76.1 Å². The molecule has 1 N–H and O–H groups in total. The molecule has 0 radical (unpaired) electrons. The lowest BCUT2D eigenvalue weighted by Crippen LogP contribution is -2.30. The van der Waals surface area contributed by atoms with Crippen molar-refractivity contribution in [2.75, 3.05) is 14.1 Å². The summed E-state index contributed by atoms with van der Waals surface area (Å²) in [6.07, 6.45) is -1.24. The largest absolute Gasteiger partial charge is 0.443 e. The number of hydrogen-bond donors (Lipinski definition) is 1. The van der Waals surface area contributed by atoms with E-state index >= 15 is 0 Å². The Bertz CT molecular complexity index is 361. The Balaban J connectivity index is 0. The van der Waals surface area contributed by atoms with Crippen LogP contribution < -0.4 is 0 Å². The maximum atomic E-state index is 10.9. The van der Waals surface area contributed by atoms with Crippen molar-refractivity contribution in [1.29, 1.82) is 0 Å². The van der Waals surface area contributed by atoms with Gasteiger partial charge in [0, 0.05) is 11.1 Å². The van der Waals surface area contributed by atoms with E-state index in [9.17, 15) is 9.59 Å². The number of carbonyl (C=O) groups excluding carboxylic acids is 2. The van der Waals surface area contributed by atoms with Crippen LogP contribution in [0, 0.1) is 0 Å². The normalized spacial score (nSPS) is 12.6. The second kappa shape index (κ2) is 10.2. The van der Waals surface area contributed by atoms with Crippen molar-refractivity contribution in [3.05, 3.63) is 24.3 Å². The highest BCUT2D eigenvalue weighted by molar-refractivity contribution is 5.87. The smallest absolute Gasteiger partial charge is 0.335 e. The molecule has 0 rings (SSSR count). The molecule has 116 valence electrons. The highest BCUT2D eigenvalue weighted by Crippen LogP contribution is 1.99. The number of nitrogens with zero attached hydrogens (tertiary/aromatic N) is 1. The first-order valence-electron chi connectivity index (χ1n) is 6.06. The first kappa shape index (κ1) is 20.7. The van der Waals surface area contributed by atoms with Crippen LogP contribution >= 0.6 is 0 Å². The molecule has 0 heterocycles. The van der Waals surface area contributed by atoms with E-state index in [2.05, 4.69) is 17.9 Å². The van der Waals surface area contributed by atoms with Gasteiger partial charge in [-0.3, -0.25) is 4.90 Å². The van der Waals surface area contributed by atoms with Gasteiger partial charge in [0.25, 0.3) is 0 Å². The highest BCUT2D eigenvalue weighted by Gasteiger charge is 2.10. The van der Waals surface area contributed by atoms with Crippen molar-refractivity contribution >= 4 is 11.9 Å². The van der Waals surface area contributed by atoms with Crippen LogP contribution in [-0.2, 0) is 19.1 Å². The van der Waals surface area contributed by atoms with Gasteiger partial charge < -0.3 is 14.6 Å². The molecule has 0 amide bonds. The summed E-state index contributed by atoms with van der Waals surface area (Å²) < 4.78 is 9.29. The Morgan fingerprint density at radius 1 is 1.00 bits per heavy atom. The summed E-state index contributed by atoms with van der Waals surface area (Å²) in [5, 5.41) is 8.49. The van der Waals surface area contributed by atoms with Gasteiger partial charge in [0.2, 0.25) is 0 Å². The number of aliphatic hydroxyl groups is 1. The zero-order valence-electron chi connectivity index (χ0n) is 13.1. The van der Waals surface area contributed by atoms with Crippen LogP contribution in [0.1, 0.15) is 27.7 Å². The van der Waals surface area contributed by atoms with E-state index < -0.39 is 12.3 Å². The molecule has 0 spiro atoms. The Morgan fingerprint density at radius 3 is 1.55 bits per heavy atom. The summed E-state index contributed by atoms with van der Waals surface area (Å²) in [5.41, 5.74) is 0.717. The first-order valence-corrected chi connectivity index (χ1v) is 6.06. The number of aliphatic hydroxyl groups excluding tert-OH is 1. The zero-order valence-corrected chi connectivity index (χ0v) is 13.1. The van der Waals surface area contributed by atoms with E-state index in [0.717, 1.165) is 0 Å². The van der Waals surface area contributed by atoms with Gasteiger partial charge in [0.05, 0.1) is 0 Å². The van der Waals surface area contributed by atoms with Gasteiger partial charge in [-0.1, -0.05) is 13.2 Å². The molecular weight excluding hydrogens is 262 g/mol. The average Bonchev–Trinajstić information content (AvgIpc) is 2.28. The van der Waals surface area contributed by atoms with E-state index in [1.807, 2.05) is 14.1 Å². The fourth-order valence-corrected chi connectivity index (χ4v) is 0.616. The quantitative estimate of drug-likeness (QED) is 0.468. The highest BCUT2D eigenvalue weighted by atomic mass is 16.6. The summed E-state index contributed by atoms with van der Waals surface area (Å²) in [6.45, 7) is 13.1. The molecule has 0 aromatic rings. The number of ether oxygens (including phenoxy) is 2. The maximum Gasteiger partial charge on any atom is 0.335 e. The lowest BCUT2D eigenvalue weighted by Gasteiger charge is -2.19. The average molecular weight is 287 g/mol. The summed E-state index contributed by atoms with van der Waals surface area (Å²) in [4.78, 5) is 23.2. The van der Waals surface area contributed by atoms with Crippen molar-refractivity contribution in [1.82, 2.24) is 4.90 Å². The van der Waals surface area contributed by atoms with Crippen molar-refractivity contribution in [2.24, 2.45) is 0 Å². The van der Waals surface area contributed by atoms with Crippen LogP contribution in [0.3, 0.4) is 0 Å². The zero-order chi connectivity index (χ0) is 16.5. The summed E-state index contributed by atoms with van der Waals surface area (Å²) in [7, 11) is 3.69. The summed E-state index contributed by atoms with van der Waals surface area (Å²) >= 11 is 0. The second-order valence-corrected chi connectivity index (χ2v) is 4.53. The predicted molar refractivity (Wildman–Crippen MR) is 76.6 cm³/mol. The molecule has 0 aromatic heterocycles. The molecule has 0 bridgehead atoms. The molecular formula is C14H25NO5. The summed E-state index contributed by atoms with van der Waals surface area (Å²) in [6, 6.07) is 0. The molecule has 0 fully saturated rings. The van der Waals surface area contributed by atoms with E-state index in [1.54, 1.807) is 18.7 Å². The molecule has 20 heavy (non-hydrogen) atoms. The molecule has 0 aliphatic heterocycles. The Kier molecular flexibility index (Phi) is 10.5. The Hall–Kier alpha value is -1.66. The van der Waals surface area contributed by atoms with Crippen LogP contribution in [0.5, 0.6) is 0 Å². The Morgan fingerprint density at radius 2 is 1.35 bits per heavy atom. The monoisotopic (exact) mass is 287 g/mol. The van der Waals surface area contributed by atoms with Crippen LogP contribution in [0.25, 0.3) is 0 Å². The minimum Gasteiger partial charge on any atom is -0.443 e. The van der Waals surface area contributed by atoms with Crippen LogP contribution in [-0.4, -0.2) is 48.6 Å². The molecule has 0 aliphatic rings. The molecule has 6 heteroatoms. The number of carbonyl (C=O) groups is 2. The standard InChI is InChI=1S/C8H15NO2.C6H10O3/c1-6(2)8(10)11-7(3)9(4)5;1-4(2)6(8)9-5(3)7/h7H,1H2,2-5H3;5,7H,1H2,2-3H3. The van der Waals surface area contributed by atoms with E-state index in [4.69, 9.17) is 9.84 Å². The fraction of sp³-hybridized carbons (Fsp3) is 0.571. The van der Waals surface area contributed by atoms with Gasteiger partial charge in [0.1, 0.15) is 0 Å². The van der Waals surface area contributed by atoms with Gasteiger partial charge in [-0.2, -0.15) is 0 Å². The van der Waals surface area contributed by atoms with Crippen molar-refractivity contribution in [3.8, 4) is 0 Å². The third-order valence-corrected chi connectivity index (χ3v) is 1.98. The van der Waals surface area contributed by atoms with E-state index in [1.165, 1.54) is 13.8 Å².